The Labute approximate surface area is 155 Å². The van der Waals surface area contributed by atoms with Gasteiger partial charge in [-0.25, -0.2) is 0 Å². The average Bonchev–Trinajstić information content (AvgIpc) is 2.45. The number of hydrogen-bond acceptors (Lipinski definition) is 3. The summed E-state index contributed by atoms with van der Waals surface area (Å²) in [5.41, 5.74) is 1.07. The zero-order valence-corrected chi connectivity index (χ0v) is 15.6. The molecule has 0 spiro atoms. The minimum atomic E-state index is 0. The van der Waals surface area contributed by atoms with E-state index >= 15 is 0 Å². The Morgan fingerprint density at radius 2 is 1.78 bits per heavy atom. The van der Waals surface area contributed by atoms with Crippen LogP contribution in [0.2, 0.25) is 5.02 Å². The molecule has 130 valence electrons. The number of benzene rings is 1. The summed E-state index contributed by atoms with van der Waals surface area (Å²) >= 11 is 6.25. The van der Waals surface area contributed by atoms with Gasteiger partial charge in [-0.2, -0.15) is 0 Å². The van der Waals surface area contributed by atoms with E-state index in [-0.39, 0.29) is 30.7 Å². The van der Waals surface area contributed by atoms with Crippen LogP contribution in [0.1, 0.15) is 6.92 Å². The zero-order valence-electron chi connectivity index (χ0n) is 13.2. The first-order valence-electron chi connectivity index (χ1n) is 7.66. The van der Waals surface area contributed by atoms with Crippen molar-refractivity contribution in [1.82, 2.24) is 10.2 Å². The lowest BCUT2D eigenvalue weighted by atomic mass is 9.88. The number of carbonyl (C=O) groups is 1. The maximum absolute atomic E-state index is 12.5. The van der Waals surface area contributed by atoms with E-state index < -0.39 is 0 Å². The maximum atomic E-state index is 12.5. The molecular weight excluding hydrogens is 357 g/mol. The Hall–Kier alpha value is -0.680. The van der Waals surface area contributed by atoms with Crippen LogP contribution in [0, 0.1) is 11.8 Å². The molecular formula is C16H24Cl3N3O. The Morgan fingerprint density at radius 1 is 1.17 bits per heavy atom. The van der Waals surface area contributed by atoms with E-state index in [1.165, 1.54) is 0 Å². The number of para-hydroxylation sites is 1. The lowest BCUT2D eigenvalue weighted by Gasteiger charge is -2.40. The average molecular weight is 381 g/mol. The van der Waals surface area contributed by atoms with Gasteiger partial charge in [-0.05, 0) is 31.1 Å². The Bertz CT molecular complexity index is 517. The summed E-state index contributed by atoms with van der Waals surface area (Å²) in [4.78, 5) is 16.8. The van der Waals surface area contributed by atoms with Crippen LogP contribution in [0.4, 0.5) is 5.69 Å². The second kappa shape index (κ2) is 8.97. The predicted molar refractivity (Wildman–Crippen MR) is 100 cm³/mol. The molecule has 2 aliphatic heterocycles. The number of piperazine rings is 1. The van der Waals surface area contributed by atoms with Crippen molar-refractivity contribution < 1.29 is 4.79 Å². The number of hydrogen-bond donors (Lipinski definition) is 1. The van der Waals surface area contributed by atoms with Crippen LogP contribution >= 0.6 is 36.4 Å². The maximum Gasteiger partial charge on any atom is 0.225 e. The molecule has 7 heteroatoms. The van der Waals surface area contributed by atoms with Gasteiger partial charge in [0.2, 0.25) is 5.91 Å². The van der Waals surface area contributed by atoms with Crippen LogP contribution in [0.25, 0.3) is 0 Å². The second-order valence-corrected chi connectivity index (χ2v) is 6.38. The largest absolute Gasteiger partial charge is 0.367 e. The number of amides is 1. The highest BCUT2D eigenvalue weighted by Crippen LogP contribution is 2.26. The van der Waals surface area contributed by atoms with Crippen LogP contribution < -0.4 is 10.2 Å². The predicted octanol–water partition coefficient (Wildman–Crippen LogP) is 2.69. The minimum Gasteiger partial charge on any atom is -0.367 e. The molecule has 0 aliphatic carbocycles. The van der Waals surface area contributed by atoms with E-state index in [2.05, 4.69) is 17.1 Å². The summed E-state index contributed by atoms with van der Waals surface area (Å²) in [6, 6.07) is 7.91. The molecule has 0 bridgehead atoms. The molecule has 1 N–H and O–H groups in total. The molecule has 2 saturated heterocycles. The van der Waals surface area contributed by atoms with Crippen molar-refractivity contribution in [2.45, 2.75) is 6.92 Å². The summed E-state index contributed by atoms with van der Waals surface area (Å²) in [6.07, 6.45) is 0. The van der Waals surface area contributed by atoms with E-state index in [4.69, 9.17) is 11.6 Å². The van der Waals surface area contributed by atoms with Crippen molar-refractivity contribution >= 4 is 48.0 Å². The summed E-state index contributed by atoms with van der Waals surface area (Å²) in [7, 11) is 0. The van der Waals surface area contributed by atoms with Gasteiger partial charge in [0.05, 0.1) is 10.7 Å². The summed E-state index contributed by atoms with van der Waals surface area (Å²) < 4.78 is 0. The molecule has 1 unspecified atom stereocenters. The normalized spacial score (nSPS) is 19.2. The van der Waals surface area contributed by atoms with Gasteiger partial charge < -0.3 is 15.1 Å². The van der Waals surface area contributed by atoms with Crippen LogP contribution in [-0.2, 0) is 4.79 Å². The van der Waals surface area contributed by atoms with Gasteiger partial charge in [-0.1, -0.05) is 30.7 Å². The van der Waals surface area contributed by atoms with Gasteiger partial charge in [-0.3, -0.25) is 4.79 Å². The summed E-state index contributed by atoms with van der Waals surface area (Å²) in [5.74, 6) is 0.956. The van der Waals surface area contributed by atoms with Gasteiger partial charge >= 0.3 is 0 Å². The van der Waals surface area contributed by atoms with Gasteiger partial charge in [-0.15, -0.1) is 24.8 Å². The fourth-order valence-electron chi connectivity index (χ4n) is 3.03. The first-order chi connectivity index (χ1) is 10.2. The molecule has 2 fully saturated rings. The van der Waals surface area contributed by atoms with Gasteiger partial charge in [0.25, 0.3) is 0 Å². The summed E-state index contributed by atoms with van der Waals surface area (Å²) in [6.45, 7) is 7.30. The standard InChI is InChI=1S/C16H22ClN3O.2ClH/c1-12(13-10-18-11-13)16(21)20-8-6-19(7-9-20)15-5-3-2-4-14(15)17;;/h2-5,12-13,18H,6-11H2,1H3;2*1H. The molecule has 3 rings (SSSR count). The lowest BCUT2D eigenvalue weighted by Crippen LogP contribution is -2.54. The zero-order chi connectivity index (χ0) is 14.8. The van der Waals surface area contributed by atoms with E-state index in [9.17, 15) is 4.79 Å². The molecule has 1 atom stereocenters. The first-order valence-corrected chi connectivity index (χ1v) is 8.03. The molecule has 1 aromatic carbocycles. The van der Waals surface area contributed by atoms with Gasteiger partial charge in [0.15, 0.2) is 0 Å². The first kappa shape index (κ1) is 20.4. The van der Waals surface area contributed by atoms with E-state index in [0.717, 1.165) is 50.0 Å². The number of carbonyl (C=O) groups excluding carboxylic acids is 1. The molecule has 1 aromatic rings. The third-order valence-electron chi connectivity index (χ3n) is 4.69. The highest BCUT2D eigenvalue weighted by atomic mass is 35.5. The molecule has 2 heterocycles. The number of nitrogens with zero attached hydrogens (tertiary/aromatic N) is 2. The number of nitrogens with one attached hydrogen (secondary N) is 1. The molecule has 0 aromatic heterocycles. The Balaban J connectivity index is 0.00000132. The Morgan fingerprint density at radius 3 is 2.30 bits per heavy atom. The van der Waals surface area contributed by atoms with Gasteiger partial charge in [0, 0.05) is 32.1 Å². The summed E-state index contributed by atoms with van der Waals surface area (Å²) in [5, 5.41) is 4.02. The van der Waals surface area contributed by atoms with Gasteiger partial charge in [0.1, 0.15) is 0 Å². The highest BCUT2D eigenvalue weighted by molar-refractivity contribution is 6.33. The van der Waals surface area contributed by atoms with Crippen molar-refractivity contribution in [2.24, 2.45) is 11.8 Å². The molecule has 0 radical (unpaired) electrons. The number of rotatable bonds is 3. The van der Waals surface area contributed by atoms with E-state index in [1.54, 1.807) is 0 Å². The van der Waals surface area contributed by atoms with Crippen molar-refractivity contribution in [3.8, 4) is 0 Å². The van der Waals surface area contributed by atoms with Crippen LogP contribution in [0.15, 0.2) is 24.3 Å². The van der Waals surface area contributed by atoms with Crippen molar-refractivity contribution in [3.05, 3.63) is 29.3 Å². The van der Waals surface area contributed by atoms with Crippen molar-refractivity contribution in [1.29, 1.82) is 0 Å². The molecule has 4 nitrogen and oxygen atoms in total. The topological polar surface area (TPSA) is 35.6 Å². The quantitative estimate of drug-likeness (QED) is 0.876. The molecule has 0 saturated carbocycles. The highest BCUT2D eigenvalue weighted by Gasteiger charge is 2.32. The third kappa shape index (κ3) is 4.44. The van der Waals surface area contributed by atoms with E-state index in [1.807, 2.05) is 29.2 Å². The Kier molecular flexibility index (Phi) is 7.95. The van der Waals surface area contributed by atoms with E-state index in [0.29, 0.717) is 11.8 Å². The number of anilines is 1. The fourth-order valence-corrected chi connectivity index (χ4v) is 3.29. The number of halogens is 3. The fraction of sp³-hybridized carbons (Fsp3) is 0.562. The lowest BCUT2D eigenvalue weighted by molar-refractivity contribution is -0.137. The van der Waals surface area contributed by atoms with Crippen molar-refractivity contribution in [3.63, 3.8) is 0 Å². The molecule has 2 aliphatic rings. The smallest absolute Gasteiger partial charge is 0.225 e. The van der Waals surface area contributed by atoms with Crippen LogP contribution in [0.3, 0.4) is 0 Å². The molecule has 23 heavy (non-hydrogen) atoms. The minimum absolute atomic E-state index is 0. The van der Waals surface area contributed by atoms with Crippen LogP contribution in [-0.4, -0.2) is 50.1 Å². The SMILES string of the molecule is CC(C(=O)N1CCN(c2ccccc2Cl)CC1)C1CNC1.Cl.Cl. The molecule has 1 amide bonds. The second-order valence-electron chi connectivity index (χ2n) is 5.97. The van der Waals surface area contributed by atoms with Crippen molar-refractivity contribution in [2.75, 3.05) is 44.2 Å². The monoisotopic (exact) mass is 379 g/mol. The van der Waals surface area contributed by atoms with Crippen LogP contribution in [0.5, 0.6) is 0 Å². The third-order valence-corrected chi connectivity index (χ3v) is 5.01.